The van der Waals surface area contributed by atoms with E-state index in [1.54, 1.807) is 31.2 Å². The summed E-state index contributed by atoms with van der Waals surface area (Å²) in [5.41, 5.74) is 2.54. The Morgan fingerprint density at radius 3 is 2.60 bits per heavy atom. The number of hydrogen-bond acceptors (Lipinski definition) is 4. The van der Waals surface area contributed by atoms with Gasteiger partial charge < -0.3 is 15.4 Å². The highest BCUT2D eigenvalue weighted by molar-refractivity contribution is 7.80. The van der Waals surface area contributed by atoms with Crippen LogP contribution in [0.5, 0.6) is 0 Å². The summed E-state index contributed by atoms with van der Waals surface area (Å²) in [5, 5.41) is 15.2. The predicted molar refractivity (Wildman–Crippen MR) is 77.5 cm³/mol. The van der Waals surface area contributed by atoms with Crippen LogP contribution in [0.15, 0.2) is 35.5 Å². The molecule has 0 bridgehead atoms. The van der Waals surface area contributed by atoms with Gasteiger partial charge in [-0.05, 0) is 36.8 Å². The lowest BCUT2D eigenvalue weighted by Crippen LogP contribution is -2.45. The van der Waals surface area contributed by atoms with Crippen LogP contribution in [-0.2, 0) is 9.53 Å². The summed E-state index contributed by atoms with van der Waals surface area (Å²) in [7, 11) is 1.34. The second-order valence-corrected chi connectivity index (χ2v) is 4.70. The molecular formula is C14H13N3O2S. The van der Waals surface area contributed by atoms with E-state index in [9.17, 15) is 4.79 Å². The van der Waals surface area contributed by atoms with Crippen molar-refractivity contribution in [2.24, 2.45) is 0 Å². The van der Waals surface area contributed by atoms with E-state index in [-0.39, 0.29) is 6.04 Å². The molecule has 0 unspecified atom stereocenters. The van der Waals surface area contributed by atoms with E-state index < -0.39 is 5.97 Å². The van der Waals surface area contributed by atoms with Crippen LogP contribution in [0, 0.1) is 11.3 Å². The van der Waals surface area contributed by atoms with Crippen molar-refractivity contribution in [2.45, 2.75) is 13.0 Å². The molecule has 0 radical (unpaired) electrons. The first-order valence-electron chi connectivity index (χ1n) is 5.93. The number of nitrogens with one attached hydrogen (secondary N) is 2. The van der Waals surface area contributed by atoms with E-state index in [2.05, 4.69) is 16.7 Å². The van der Waals surface area contributed by atoms with Gasteiger partial charge in [-0.25, -0.2) is 4.79 Å². The number of nitriles is 1. The van der Waals surface area contributed by atoms with Crippen molar-refractivity contribution in [3.8, 4) is 6.07 Å². The summed E-state index contributed by atoms with van der Waals surface area (Å²) >= 11 is 5.12. The maximum Gasteiger partial charge on any atom is 0.337 e. The molecule has 20 heavy (non-hydrogen) atoms. The highest BCUT2D eigenvalue weighted by Crippen LogP contribution is 2.27. The number of allylic oxidation sites excluding steroid dienone is 1. The average molecular weight is 287 g/mol. The molecule has 2 rings (SSSR count). The van der Waals surface area contributed by atoms with Gasteiger partial charge in [0.2, 0.25) is 0 Å². The molecule has 0 aliphatic carbocycles. The second kappa shape index (κ2) is 5.72. The van der Waals surface area contributed by atoms with Gasteiger partial charge in [0.05, 0.1) is 30.4 Å². The number of ether oxygens (including phenoxy) is 1. The normalized spacial score (nSPS) is 17.9. The van der Waals surface area contributed by atoms with Gasteiger partial charge in [0, 0.05) is 5.70 Å². The van der Waals surface area contributed by atoms with Crippen LogP contribution in [0.2, 0.25) is 0 Å². The van der Waals surface area contributed by atoms with Crippen LogP contribution in [-0.4, -0.2) is 18.2 Å². The lowest BCUT2D eigenvalue weighted by Gasteiger charge is -2.29. The minimum Gasteiger partial charge on any atom is -0.466 e. The van der Waals surface area contributed by atoms with Crippen molar-refractivity contribution in [2.75, 3.05) is 7.11 Å². The van der Waals surface area contributed by atoms with Crippen LogP contribution >= 0.6 is 12.2 Å². The fourth-order valence-corrected chi connectivity index (χ4v) is 2.35. The first-order valence-corrected chi connectivity index (χ1v) is 6.34. The molecule has 102 valence electrons. The van der Waals surface area contributed by atoms with Gasteiger partial charge in [-0.3, -0.25) is 0 Å². The summed E-state index contributed by atoms with van der Waals surface area (Å²) in [4.78, 5) is 11.9. The molecule has 1 aromatic carbocycles. The van der Waals surface area contributed by atoms with Crippen LogP contribution in [0.25, 0.3) is 0 Å². The SMILES string of the molecule is COC(=O)C1=C(C)NC(=S)N[C@H]1c1ccc(C#N)cc1. The highest BCUT2D eigenvalue weighted by Gasteiger charge is 2.30. The van der Waals surface area contributed by atoms with Crippen LogP contribution in [0.4, 0.5) is 0 Å². The lowest BCUT2D eigenvalue weighted by molar-refractivity contribution is -0.136. The van der Waals surface area contributed by atoms with Crippen molar-refractivity contribution in [3.63, 3.8) is 0 Å². The summed E-state index contributed by atoms with van der Waals surface area (Å²) in [6, 6.07) is 8.66. The topological polar surface area (TPSA) is 74.2 Å². The Labute approximate surface area is 122 Å². The van der Waals surface area contributed by atoms with Crippen molar-refractivity contribution in [1.29, 1.82) is 5.26 Å². The van der Waals surface area contributed by atoms with E-state index in [1.807, 2.05) is 0 Å². The Hall–Kier alpha value is -2.39. The smallest absolute Gasteiger partial charge is 0.337 e. The largest absolute Gasteiger partial charge is 0.466 e. The Kier molecular flexibility index (Phi) is 4.01. The van der Waals surface area contributed by atoms with Crippen molar-refractivity contribution in [1.82, 2.24) is 10.6 Å². The number of hydrogen-bond donors (Lipinski definition) is 2. The average Bonchev–Trinajstić information content (AvgIpc) is 2.46. The van der Waals surface area contributed by atoms with Gasteiger partial charge in [-0.1, -0.05) is 12.1 Å². The number of esters is 1. The number of nitrogens with zero attached hydrogens (tertiary/aromatic N) is 1. The molecule has 2 N–H and O–H groups in total. The van der Waals surface area contributed by atoms with E-state index in [4.69, 9.17) is 22.2 Å². The predicted octanol–water partition coefficient (Wildman–Crippen LogP) is 1.52. The number of benzene rings is 1. The van der Waals surface area contributed by atoms with Crippen LogP contribution < -0.4 is 10.6 Å². The zero-order valence-electron chi connectivity index (χ0n) is 11.1. The molecule has 0 spiro atoms. The molecule has 1 atom stereocenters. The van der Waals surface area contributed by atoms with Gasteiger partial charge in [0.25, 0.3) is 0 Å². The summed E-state index contributed by atoms with van der Waals surface area (Å²) in [6.07, 6.45) is 0. The van der Waals surface area contributed by atoms with E-state index in [0.29, 0.717) is 21.9 Å². The molecule has 0 fully saturated rings. The summed E-state index contributed by atoms with van der Waals surface area (Å²) in [6.45, 7) is 1.77. The Balaban J connectivity index is 2.45. The second-order valence-electron chi connectivity index (χ2n) is 4.30. The quantitative estimate of drug-likeness (QED) is 0.634. The number of methoxy groups -OCH3 is 1. The van der Waals surface area contributed by atoms with Crippen molar-refractivity contribution in [3.05, 3.63) is 46.7 Å². The maximum atomic E-state index is 11.9. The molecule has 1 heterocycles. The minimum absolute atomic E-state index is 0.385. The molecule has 6 heteroatoms. The van der Waals surface area contributed by atoms with Crippen molar-refractivity contribution < 1.29 is 9.53 Å². The first-order chi connectivity index (χ1) is 9.56. The molecular weight excluding hydrogens is 274 g/mol. The van der Waals surface area contributed by atoms with Gasteiger partial charge in [-0.15, -0.1) is 0 Å². The molecule has 1 aromatic rings. The molecule has 0 amide bonds. The van der Waals surface area contributed by atoms with Gasteiger partial charge in [0.1, 0.15) is 0 Å². The fraction of sp³-hybridized carbons (Fsp3) is 0.214. The third kappa shape index (κ3) is 2.63. The zero-order valence-corrected chi connectivity index (χ0v) is 11.9. The summed E-state index contributed by atoms with van der Waals surface area (Å²) in [5.74, 6) is -0.417. The number of carbonyl (C=O) groups excluding carboxylic acids is 1. The minimum atomic E-state index is -0.417. The molecule has 5 nitrogen and oxygen atoms in total. The standard InChI is InChI=1S/C14H13N3O2S/c1-8-11(13(18)19-2)12(17-14(20)16-8)10-5-3-9(7-15)4-6-10/h3-6,12H,1-2H3,(H2,16,17,20)/t12-/m0/s1. The van der Waals surface area contributed by atoms with E-state index >= 15 is 0 Å². The Morgan fingerprint density at radius 2 is 2.05 bits per heavy atom. The molecule has 1 aliphatic heterocycles. The van der Waals surface area contributed by atoms with Crippen LogP contribution in [0.3, 0.4) is 0 Å². The number of thiocarbonyl (C=S) groups is 1. The van der Waals surface area contributed by atoms with Crippen LogP contribution in [0.1, 0.15) is 24.1 Å². The van der Waals surface area contributed by atoms with E-state index in [0.717, 1.165) is 5.56 Å². The molecule has 1 aliphatic rings. The zero-order chi connectivity index (χ0) is 14.7. The highest BCUT2D eigenvalue weighted by atomic mass is 32.1. The third-order valence-corrected chi connectivity index (χ3v) is 3.27. The first kappa shape index (κ1) is 14.0. The van der Waals surface area contributed by atoms with Gasteiger partial charge in [0.15, 0.2) is 5.11 Å². The lowest BCUT2D eigenvalue weighted by atomic mass is 9.95. The third-order valence-electron chi connectivity index (χ3n) is 3.05. The maximum absolute atomic E-state index is 11.9. The van der Waals surface area contributed by atoms with Gasteiger partial charge in [-0.2, -0.15) is 5.26 Å². The monoisotopic (exact) mass is 287 g/mol. The molecule has 0 aromatic heterocycles. The Bertz CT molecular complexity index is 629. The Morgan fingerprint density at radius 1 is 1.40 bits per heavy atom. The van der Waals surface area contributed by atoms with Gasteiger partial charge >= 0.3 is 5.97 Å². The molecule has 0 saturated carbocycles. The van der Waals surface area contributed by atoms with Crippen molar-refractivity contribution >= 4 is 23.3 Å². The summed E-state index contributed by atoms with van der Waals surface area (Å²) < 4.78 is 4.82. The fourth-order valence-electron chi connectivity index (χ4n) is 2.07. The van der Waals surface area contributed by atoms with E-state index in [1.165, 1.54) is 7.11 Å². The molecule has 0 saturated heterocycles. The number of carbonyl (C=O) groups is 1. The number of rotatable bonds is 2.